The van der Waals surface area contributed by atoms with Gasteiger partial charge in [-0.3, -0.25) is 4.79 Å². The molecule has 2 heterocycles. The van der Waals surface area contributed by atoms with Gasteiger partial charge in [-0.05, 0) is 50.5 Å². The molecule has 0 spiro atoms. The van der Waals surface area contributed by atoms with E-state index < -0.39 is 0 Å². The van der Waals surface area contributed by atoms with Gasteiger partial charge in [-0.15, -0.1) is 0 Å². The summed E-state index contributed by atoms with van der Waals surface area (Å²) in [5, 5.41) is 6.76. The van der Waals surface area contributed by atoms with Crippen LogP contribution in [0.4, 0.5) is 0 Å². The third kappa shape index (κ3) is 3.22. The lowest BCUT2D eigenvalue weighted by atomic mass is 10.2. The van der Waals surface area contributed by atoms with E-state index in [-0.39, 0.29) is 17.8 Å². The average Bonchev–Trinajstić information content (AvgIpc) is 3.01. The van der Waals surface area contributed by atoms with Crippen molar-refractivity contribution >= 4 is 33.2 Å². The summed E-state index contributed by atoms with van der Waals surface area (Å²) in [4.78, 5) is 11.8. The summed E-state index contributed by atoms with van der Waals surface area (Å²) in [7, 11) is 1.62. The number of carbonyl (C=O) groups is 1. The van der Waals surface area contributed by atoms with E-state index in [9.17, 15) is 4.79 Å². The second-order valence-electron chi connectivity index (χ2n) is 3.59. The van der Waals surface area contributed by atoms with E-state index in [1.54, 1.807) is 30.6 Å². The maximum atomic E-state index is 11.8. The van der Waals surface area contributed by atoms with E-state index >= 15 is 0 Å². The Kier molecular flexibility index (Phi) is 4.57. The Morgan fingerprint density at radius 1 is 1.56 bits per heavy atom. The van der Waals surface area contributed by atoms with Crippen LogP contribution in [0, 0.1) is 0 Å². The number of rotatable bonds is 5. The Bertz CT molecular complexity index is 509. The third-order valence-electron chi connectivity index (χ3n) is 2.44. The molecule has 0 aliphatic carbocycles. The molecule has 0 aliphatic rings. The van der Waals surface area contributed by atoms with Crippen molar-refractivity contribution < 1.29 is 13.9 Å². The molecule has 0 fully saturated rings. The summed E-state index contributed by atoms with van der Waals surface area (Å²) in [6, 6.07) is 5.28. The number of carbonyl (C=O) groups excluding carboxylic acids is 1. The first-order valence-corrected chi connectivity index (χ1v) is 7.02. The van der Waals surface area contributed by atoms with Crippen LogP contribution in [0.1, 0.15) is 22.2 Å². The van der Waals surface area contributed by atoms with E-state index in [1.165, 1.54) is 0 Å². The molecule has 18 heavy (non-hydrogen) atoms. The molecule has 6 heteroatoms. The summed E-state index contributed by atoms with van der Waals surface area (Å²) < 4.78 is 11.0. The first kappa shape index (κ1) is 13.3. The molecule has 96 valence electrons. The van der Waals surface area contributed by atoms with Crippen LogP contribution in [0.15, 0.2) is 38.0 Å². The van der Waals surface area contributed by atoms with E-state index in [1.807, 2.05) is 16.8 Å². The fourth-order valence-corrected chi connectivity index (χ4v) is 2.51. The summed E-state index contributed by atoms with van der Waals surface area (Å²) in [6.07, 6.45) is -0.140. The average molecular weight is 330 g/mol. The third-order valence-corrected chi connectivity index (χ3v) is 3.57. The highest BCUT2D eigenvalue weighted by Gasteiger charge is 2.15. The van der Waals surface area contributed by atoms with Gasteiger partial charge in [0.1, 0.15) is 6.10 Å². The van der Waals surface area contributed by atoms with Crippen molar-refractivity contribution in [2.75, 3.05) is 13.7 Å². The van der Waals surface area contributed by atoms with E-state index in [0.29, 0.717) is 11.2 Å². The summed E-state index contributed by atoms with van der Waals surface area (Å²) in [6.45, 7) is 0.407. The second kappa shape index (κ2) is 6.17. The van der Waals surface area contributed by atoms with Crippen molar-refractivity contribution in [3.05, 3.63) is 45.0 Å². The van der Waals surface area contributed by atoms with E-state index in [4.69, 9.17) is 9.15 Å². The molecule has 0 radical (unpaired) electrons. The highest BCUT2D eigenvalue weighted by molar-refractivity contribution is 9.10. The minimum absolute atomic E-state index is 0.140. The van der Waals surface area contributed by atoms with E-state index in [0.717, 1.165) is 5.56 Å². The molecular weight excluding hydrogens is 318 g/mol. The van der Waals surface area contributed by atoms with Crippen LogP contribution in [0.3, 0.4) is 0 Å². The summed E-state index contributed by atoms with van der Waals surface area (Å²) in [5.41, 5.74) is 1.06. The minimum Gasteiger partial charge on any atom is -0.444 e. The molecule has 2 aromatic heterocycles. The van der Waals surface area contributed by atoms with Crippen LogP contribution in [0.25, 0.3) is 0 Å². The summed E-state index contributed by atoms with van der Waals surface area (Å²) >= 11 is 4.76. The van der Waals surface area contributed by atoms with Crippen molar-refractivity contribution in [1.82, 2.24) is 5.32 Å². The van der Waals surface area contributed by atoms with Crippen LogP contribution in [0.5, 0.6) is 0 Å². The van der Waals surface area contributed by atoms with Crippen LogP contribution >= 0.6 is 27.3 Å². The Morgan fingerprint density at radius 2 is 2.39 bits per heavy atom. The number of amides is 1. The lowest BCUT2D eigenvalue weighted by Crippen LogP contribution is -2.28. The maximum Gasteiger partial charge on any atom is 0.287 e. The van der Waals surface area contributed by atoms with Crippen LogP contribution < -0.4 is 5.32 Å². The fourth-order valence-electron chi connectivity index (χ4n) is 1.50. The first-order chi connectivity index (χ1) is 8.70. The monoisotopic (exact) mass is 329 g/mol. The number of ether oxygens (including phenoxy) is 1. The Hall–Kier alpha value is -1.11. The van der Waals surface area contributed by atoms with Crippen LogP contribution in [-0.4, -0.2) is 19.6 Å². The van der Waals surface area contributed by atoms with Gasteiger partial charge in [-0.2, -0.15) is 11.3 Å². The largest absolute Gasteiger partial charge is 0.444 e. The SMILES string of the molecule is CO[C@@H](CNC(=O)c1ccc(Br)o1)c1ccsc1. The zero-order chi connectivity index (χ0) is 13.0. The number of thiophene rings is 1. The van der Waals surface area contributed by atoms with Gasteiger partial charge in [0.25, 0.3) is 5.91 Å². The van der Waals surface area contributed by atoms with Gasteiger partial charge in [-0.25, -0.2) is 0 Å². The Morgan fingerprint density at radius 3 is 2.94 bits per heavy atom. The minimum atomic E-state index is -0.252. The molecule has 1 N–H and O–H groups in total. The molecule has 0 unspecified atom stereocenters. The van der Waals surface area contributed by atoms with Crippen molar-refractivity contribution in [2.45, 2.75) is 6.10 Å². The lowest BCUT2D eigenvalue weighted by Gasteiger charge is -2.14. The highest BCUT2D eigenvalue weighted by Crippen LogP contribution is 2.19. The smallest absolute Gasteiger partial charge is 0.287 e. The molecule has 0 saturated carbocycles. The molecule has 0 aromatic carbocycles. The molecule has 0 saturated heterocycles. The molecule has 4 nitrogen and oxygen atoms in total. The van der Waals surface area contributed by atoms with Gasteiger partial charge in [0.2, 0.25) is 0 Å². The van der Waals surface area contributed by atoms with Gasteiger partial charge >= 0.3 is 0 Å². The number of hydrogen-bond acceptors (Lipinski definition) is 4. The number of hydrogen-bond donors (Lipinski definition) is 1. The molecule has 2 aromatic rings. The topological polar surface area (TPSA) is 51.5 Å². The second-order valence-corrected chi connectivity index (χ2v) is 5.16. The lowest BCUT2D eigenvalue weighted by molar-refractivity contribution is 0.0807. The van der Waals surface area contributed by atoms with Crippen molar-refractivity contribution in [3.8, 4) is 0 Å². The molecule has 0 aliphatic heterocycles. The quantitative estimate of drug-likeness (QED) is 0.916. The normalized spacial score (nSPS) is 12.3. The zero-order valence-electron chi connectivity index (χ0n) is 9.68. The Balaban J connectivity index is 1.92. The number of furan rings is 1. The zero-order valence-corrected chi connectivity index (χ0v) is 12.1. The van der Waals surface area contributed by atoms with Gasteiger partial charge in [-0.1, -0.05) is 0 Å². The first-order valence-electron chi connectivity index (χ1n) is 5.29. The predicted molar refractivity (Wildman–Crippen MR) is 72.8 cm³/mol. The number of nitrogens with one attached hydrogen (secondary N) is 1. The van der Waals surface area contributed by atoms with Crippen LogP contribution in [-0.2, 0) is 4.74 Å². The van der Waals surface area contributed by atoms with Gasteiger partial charge in [0.05, 0.1) is 0 Å². The maximum absolute atomic E-state index is 11.8. The molecule has 1 atom stereocenters. The highest BCUT2D eigenvalue weighted by atomic mass is 79.9. The van der Waals surface area contributed by atoms with Crippen LogP contribution in [0.2, 0.25) is 0 Å². The van der Waals surface area contributed by atoms with E-state index in [2.05, 4.69) is 21.2 Å². The Labute approximate surface area is 117 Å². The summed E-state index contributed by atoms with van der Waals surface area (Å²) in [5.74, 6) is 0.0278. The number of methoxy groups -OCH3 is 1. The predicted octanol–water partition coefficient (Wildman–Crippen LogP) is 3.22. The number of halogens is 1. The fraction of sp³-hybridized carbons (Fsp3) is 0.250. The molecular formula is C12H12BrNO3S. The van der Waals surface area contributed by atoms with Gasteiger partial charge in [0, 0.05) is 13.7 Å². The van der Waals surface area contributed by atoms with Gasteiger partial charge in [0.15, 0.2) is 10.4 Å². The van der Waals surface area contributed by atoms with Gasteiger partial charge < -0.3 is 14.5 Å². The standard InChI is InChI=1S/C12H12BrNO3S/c1-16-10(8-4-5-18-7-8)6-14-12(15)9-2-3-11(13)17-9/h2-5,7,10H,6H2,1H3,(H,14,15)/t10-/m0/s1. The molecule has 1 amide bonds. The van der Waals surface area contributed by atoms with Crippen molar-refractivity contribution in [1.29, 1.82) is 0 Å². The molecule has 2 rings (SSSR count). The van der Waals surface area contributed by atoms with Crippen molar-refractivity contribution in [2.24, 2.45) is 0 Å². The molecule has 0 bridgehead atoms. The van der Waals surface area contributed by atoms with Crippen molar-refractivity contribution in [3.63, 3.8) is 0 Å².